The van der Waals surface area contributed by atoms with Gasteiger partial charge in [0.2, 0.25) is 0 Å². The maximum atomic E-state index is 12.7. The SMILES string of the molecule is Cc1c(C(=O)N2CCC[C@@H](N)C2)cnn1-c1cccc(Cl)c1. The molecule has 1 aromatic heterocycles. The third-order valence-electron chi connectivity index (χ3n) is 4.04. The molecule has 1 aromatic carbocycles. The predicted molar refractivity (Wildman–Crippen MR) is 86.4 cm³/mol. The summed E-state index contributed by atoms with van der Waals surface area (Å²) in [4.78, 5) is 14.5. The number of hydrogen-bond donors (Lipinski definition) is 1. The van der Waals surface area contributed by atoms with E-state index in [-0.39, 0.29) is 11.9 Å². The summed E-state index contributed by atoms with van der Waals surface area (Å²) in [7, 11) is 0. The van der Waals surface area contributed by atoms with Crippen molar-refractivity contribution in [3.8, 4) is 5.69 Å². The molecule has 0 saturated carbocycles. The number of aromatic nitrogens is 2. The summed E-state index contributed by atoms with van der Waals surface area (Å²) in [5.74, 6) is 0.000859. The van der Waals surface area contributed by atoms with E-state index < -0.39 is 0 Å². The Morgan fingerprint density at radius 3 is 3.00 bits per heavy atom. The fraction of sp³-hybridized carbons (Fsp3) is 0.375. The highest BCUT2D eigenvalue weighted by atomic mass is 35.5. The predicted octanol–water partition coefficient (Wildman–Crippen LogP) is 2.40. The monoisotopic (exact) mass is 318 g/mol. The second-order valence-electron chi connectivity index (χ2n) is 5.69. The van der Waals surface area contributed by atoms with Crippen molar-refractivity contribution in [1.82, 2.24) is 14.7 Å². The molecule has 1 atom stereocenters. The number of piperidine rings is 1. The van der Waals surface area contributed by atoms with Crippen LogP contribution >= 0.6 is 11.6 Å². The van der Waals surface area contributed by atoms with E-state index in [0.29, 0.717) is 17.1 Å². The average Bonchev–Trinajstić information content (AvgIpc) is 2.88. The first-order chi connectivity index (χ1) is 10.6. The highest BCUT2D eigenvalue weighted by Crippen LogP contribution is 2.20. The number of nitrogens with two attached hydrogens (primary N) is 1. The van der Waals surface area contributed by atoms with Gasteiger partial charge in [-0.1, -0.05) is 17.7 Å². The lowest BCUT2D eigenvalue weighted by atomic mass is 10.1. The molecule has 1 aliphatic rings. The smallest absolute Gasteiger partial charge is 0.257 e. The van der Waals surface area contributed by atoms with Crippen molar-refractivity contribution in [3.63, 3.8) is 0 Å². The molecule has 1 amide bonds. The molecule has 3 rings (SSSR count). The normalized spacial score (nSPS) is 18.5. The van der Waals surface area contributed by atoms with Gasteiger partial charge >= 0.3 is 0 Å². The second-order valence-corrected chi connectivity index (χ2v) is 6.13. The molecule has 2 aromatic rings. The first kappa shape index (κ1) is 15.1. The number of hydrogen-bond acceptors (Lipinski definition) is 3. The van der Waals surface area contributed by atoms with Crippen molar-refractivity contribution in [3.05, 3.63) is 46.7 Å². The van der Waals surface area contributed by atoms with Crippen molar-refractivity contribution in [2.75, 3.05) is 13.1 Å². The van der Waals surface area contributed by atoms with Gasteiger partial charge in [-0.3, -0.25) is 4.79 Å². The minimum atomic E-state index is 0.000859. The van der Waals surface area contributed by atoms with Crippen LogP contribution in [0, 0.1) is 6.92 Å². The van der Waals surface area contributed by atoms with Crippen LogP contribution < -0.4 is 5.73 Å². The lowest BCUT2D eigenvalue weighted by Gasteiger charge is -2.30. The average molecular weight is 319 g/mol. The van der Waals surface area contributed by atoms with Gasteiger partial charge in [0, 0.05) is 24.2 Å². The summed E-state index contributed by atoms with van der Waals surface area (Å²) in [5.41, 5.74) is 8.24. The van der Waals surface area contributed by atoms with E-state index in [1.54, 1.807) is 10.9 Å². The van der Waals surface area contributed by atoms with Gasteiger partial charge in [-0.25, -0.2) is 4.68 Å². The molecule has 1 aliphatic heterocycles. The van der Waals surface area contributed by atoms with Crippen LogP contribution in [0.3, 0.4) is 0 Å². The molecule has 0 aliphatic carbocycles. The molecule has 116 valence electrons. The Hall–Kier alpha value is -1.85. The highest BCUT2D eigenvalue weighted by molar-refractivity contribution is 6.30. The number of carbonyl (C=O) groups excluding carboxylic acids is 1. The van der Waals surface area contributed by atoms with E-state index in [1.165, 1.54) is 0 Å². The number of likely N-dealkylation sites (tertiary alicyclic amines) is 1. The molecule has 6 heteroatoms. The Morgan fingerprint density at radius 2 is 2.27 bits per heavy atom. The Labute approximate surface area is 134 Å². The molecule has 0 unspecified atom stereocenters. The van der Waals surface area contributed by atoms with Gasteiger partial charge in [-0.05, 0) is 38.0 Å². The third kappa shape index (κ3) is 2.87. The van der Waals surface area contributed by atoms with Crippen molar-refractivity contribution >= 4 is 17.5 Å². The summed E-state index contributed by atoms with van der Waals surface area (Å²) < 4.78 is 1.74. The number of amides is 1. The van der Waals surface area contributed by atoms with Crippen molar-refractivity contribution in [2.24, 2.45) is 5.73 Å². The number of benzene rings is 1. The molecule has 1 saturated heterocycles. The first-order valence-electron chi connectivity index (χ1n) is 7.41. The second kappa shape index (κ2) is 6.10. The van der Waals surface area contributed by atoms with Crippen molar-refractivity contribution < 1.29 is 4.79 Å². The fourth-order valence-corrected chi connectivity index (χ4v) is 3.04. The summed E-state index contributed by atoms with van der Waals surface area (Å²) in [5, 5.41) is 4.98. The van der Waals surface area contributed by atoms with Crippen LogP contribution in [-0.2, 0) is 0 Å². The van der Waals surface area contributed by atoms with Crippen LogP contribution in [0.1, 0.15) is 28.9 Å². The van der Waals surface area contributed by atoms with Gasteiger partial charge in [0.05, 0.1) is 23.1 Å². The largest absolute Gasteiger partial charge is 0.337 e. The van der Waals surface area contributed by atoms with Gasteiger partial charge in [-0.15, -0.1) is 0 Å². The minimum Gasteiger partial charge on any atom is -0.337 e. The molecule has 1 fully saturated rings. The van der Waals surface area contributed by atoms with Gasteiger partial charge < -0.3 is 10.6 Å². The Balaban J connectivity index is 1.88. The fourth-order valence-electron chi connectivity index (χ4n) is 2.85. The van der Waals surface area contributed by atoms with Crippen molar-refractivity contribution in [2.45, 2.75) is 25.8 Å². The zero-order chi connectivity index (χ0) is 15.7. The van der Waals surface area contributed by atoms with E-state index in [1.807, 2.05) is 36.1 Å². The van der Waals surface area contributed by atoms with E-state index in [2.05, 4.69) is 5.10 Å². The van der Waals surface area contributed by atoms with Crippen LogP contribution in [-0.4, -0.2) is 39.7 Å². The summed E-state index contributed by atoms with van der Waals surface area (Å²) >= 11 is 6.02. The maximum Gasteiger partial charge on any atom is 0.257 e. The molecule has 0 spiro atoms. The lowest BCUT2D eigenvalue weighted by molar-refractivity contribution is 0.0708. The number of halogens is 1. The Morgan fingerprint density at radius 1 is 1.45 bits per heavy atom. The van der Waals surface area contributed by atoms with Crippen molar-refractivity contribution in [1.29, 1.82) is 0 Å². The van der Waals surface area contributed by atoms with E-state index in [0.717, 1.165) is 30.8 Å². The summed E-state index contributed by atoms with van der Waals surface area (Å²) in [6.45, 7) is 3.26. The van der Waals surface area contributed by atoms with Crippen LogP contribution in [0.15, 0.2) is 30.5 Å². The van der Waals surface area contributed by atoms with E-state index in [4.69, 9.17) is 17.3 Å². The molecular formula is C16H19ClN4O. The van der Waals surface area contributed by atoms with Crippen LogP contribution in [0.5, 0.6) is 0 Å². The molecular weight excluding hydrogens is 300 g/mol. The summed E-state index contributed by atoms with van der Waals surface area (Å²) in [6, 6.07) is 7.49. The van der Waals surface area contributed by atoms with Crippen LogP contribution in [0.25, 0.3) is 5.69 Å². The molecule has 2 heterocycles. The number of nitrogens with zero attached hydrogens (tertiary/aromatic N) is 3. The van der Waals surface area contributed by atoms with Gasteiger partial charge in [-0.2, -0.15) is 5.10 Å². The maximum absolute atomic E-state index is 12.7. The highest BCUT2D eigenvalue weighted by Gasteiger charge is 2.25. The first-order valence-corrected chi connectivity index (χ1v) is 7.79. The zero-order valence-corrected chi connectivity index (χ0v) is 13.3. The van der Waals surface area contributed by atoms with E-state index in [9.17, 15) is 4.79 Å². The zero-order valence-electron chi connectivity index (χ0n) is 12.5. The number of carbonyl (C=O) groups is 1. The minimum absolute atomic E-state index is 0.000859. The van der Waals surface area contributed by atoms with Gasteiger partial charge in [0.25, 0.3) is 5.91 Å². The van der Waals surface area contributed by atoms with E-state index >= 15 is 0 Å². The lowest BCUT2D eigenvalue weighted by Crippen LogP contribution is -2.45. The van der Waals surface area contributed by atoms with Gasteiger partial charge in [0.1, 0.15) is 0 Å². The Kier molecular flexibility index (Phi) is 4.18. The topological polar surface area (TPSA) is 64.2 Å². The third-order valence-corrected chi connectivity index (χ3v) is 4.27. The Bertz CT molecular complexity index is 697. The molecule has 5 nitrogen and oxygen atoms in total. The molecule has 2 N–H and O–H groups in total. The standard InChI is InChI=1S/C16H19ClN4O/c1-11-15(16(22)20-7-3-5-13(18)10-20)9-19-21(11)14-6-2-4-12(17)8-14/h2,4,6,8-9,13H,3,5,7,10,18H2,1H3/t13-/m1/s1. The molecule has 0 radical (unpaired) electrons. The quantitative estimate of drug-likeness (QED) is 0.924. The van der Waals surface area contributed by atoms with Crippen LogP contribution in [0.2, 0.25) is 5.02 Å². The number of rotatable bonds is 2. The van der Waals surface area contributed by atoms with Crippen LogP contribution in [0.4, 0.5) is 0 Å². The molecule has 22 heavy (non-hydrogen) atoms. The van der Waals surface area contributed by atoms with Gasteiger partial charge in [0.15, 0.2) is 0 Å². The summed E-state index contributed by atoms with van der Waals surface area (Å²) in [6.07, 6.45) is 3.55. The molecule has 0 bridgehead atoms.